The molecule has 0 spiro atoms. The summed E-state index contributed by atoms with van der Waals surface area (Å²) in [6.07, 6.45) is 2.48. The molecule has 31 heavy (non-hydrogen) atoms. The molecule has 0 bridgehead atoms. The van der Waals surface area contributed by atoms with Crippen LogP contribution in [0.5, 0.6) is 5.75 Å². The SMILES string of the molecule is CNS(=O)(=O)c1cccc2c(CCN3CCN(c4ccc(OC)cc4)CC3)nccc12. The topological polar surface area (TPSA) is 74.8 Å². The van der Waals surface area contributed by atoms with Gasteiger partial charge in [-0.2, -0.15) is 0 Å². The lowest BCUT2D eigenvalue weighted by atomic mass is 10.1. The molecule has 1 aliphatic heterocycles. The minimum Gasteiger partial charge on any atom is -0.497 e. The Labute approximate surface area is 183 Å². The molecular weight excluding hydrogens is 412 g/mol. The predicted octanol–water partition coefficient (Wildman–Crippen LogP) is 2.52. The zero-order valence-corrected chi connectivity index (χ0v) is 18.7. The van der Waals surface area contributed by atoms with Crippen molar-refractivity contribution in [3.8, 4) is 5.75 Å². The van der Waals surface area contributed by atoms with Gasteiger partial charge < -0.3 is 9.64 Å². The molecule has 1 aromatic heterocycles. The summed E-state index contributed by atoms with van der Waals surface area (Å²) in [5.74, 6) is 0.871. The molecule has 1 aliphatic rings. The first-order chi connectivity index (χ1) is 15.0. The zero-order chi connectivity index (χ0) is 21.8. The third-order valence-electron chi connectivity index (χ3n) is 5.88. The first kappa shape index (κ1) is 21.5. The molecule has 0 atom stereocenters. The van der Waals surface area contributed by atoms with Gasteiger partial charge in [0.25, 0.3) is 0 Å². The number of piperazine rings is 1. The standard InChI is InChI=1S/C23H28N4O3S/c1-24-31(28,29)23-5-3-4-20-21(23)10-12-25-22(20)11-13-26-14-16-27(17-15-26)18-6-8-19(30-2)9-7-18/h3-10,12,24H,11,13-17H2,1-2H3. The van der Waals surface area contributed by atoms with E-state index in [1.54, 1.807) is 31.5 Å². The average molecular weight is 441 g/mol. The quantitative estimate of drug-likeness (QED) is 0.609. The second-order valence-electron chi connectivity index (χ2n) is 7.59. The van der Waals surface area contributed by atoms with Gasteiger partial charge in [0.05, 0.1) is 12.0 Å². The van der Waals surface area contributed by atoms with Gasteiger partial charge in [0, 0.05) is 67.5 Å². The minimum absolute atomic E-state index is 0.296. The Morgan fingerprint density at radius 1 is 1.00 bits per heavy atom. The van der Waals surface area contributed by atoms with Crippen LogP contribution in [0.3, 0.4) is 0 Å². The van der Waals surface area contributed by atoms with E-state index in [4.69, 9.17) is 4.74 Å². The number of rotatable bonds is 7. The average Bonchev–Trinajstić information content (AvgIpc) is 2.82. The molecule has 0 saturated carbocycles. The third-order valence-corrected chi connectivity index (χ3v) is 7.35. The molecule has 1 saturated heterocycles. The summed E-state index contributed by atoms with van der Waals surface area (Å²) in [5, 5.41) is 1.61. The van der Waals surface area contributed by atoms with Crippen molar-refractivity contribution < 1.29 is 13.2 Å². The van der Waals surface area contributed by atoms with Crippen molar-refractivity contribution in [2.75, 3.05) is 51.8 Å². The van der Waals surface area contributed by atoms with Crippen LogP contribution in [-0.4, -0.2) is 65.2 Å². The number of methoxy groups -OCH3 is 1. The van der Waals surface area contributed by atoms with Crippen molar-refractivity contribution in [3.05, 3.63) is 60.4 Å². The van der Waals surface area contributed by atoms with Crippen molar-refractivity contribution >= 4 is 26.5 Å². The van der Waals surface area contributed by atoms with Crippen LogP contribution in [0, 0.1) is 0 Å². The lowest BCUT2D eigenvalue weighted by Gasteiger charge is -2.36. The number of fused-ring (bicyclic) bond motifs is 1. The van der Waals surface area contributed by atoms with E-state index < -0.39 is 10.0 Å². The molecule has 1 N–H and O–H groups in total. The summed E-state index contributed by atoms with van der Waals surface area (Å²) in [5.41, 5.74) is 2.15. The summed E-state index contributed by atoms with van der Waals surface area (Å²) < 4.78 is 32.4. The van der Waals surface area contributed by atoms with E-state index >= 15 is 0 Å². The van der Waals surface area contributed by atoms with Gasteiger partial charge in [-0.3, -0.25) is 9.88 Å². The van der Waals surface area contributed by atoms with Gasteiger partial charge in [-0.25, -0.2) is 13.1 Å². The maximum Gasteiger partial charge on any atom is 0.240 e. The van der Waals surface area contributed by atoms with Gasteiger partial charge in [-0.05, 0) is 43.4 Å². The lowest BCUT2D eigenvalue weighted by molar-refractivity contribution is 0.260. The summed E-state index contributed by atoms with van der Waals surface area (Å²) in [6, 6.07) is 15.3. The van der Waals surface area contributed by atoms with Gasteiger partial charge in [0.1, 0.15) is 5.75 Å². The summed E-state index contributed by atoms with van der Waals surface area (Å²) in [4.78, 5) is 9.68. The molecule has 3 aromatic rings. The van der Waals surface area contributed by atoms with E-state index in [0.29, 0.717) is 10.3 Å². The van der Waals surface area contributed by atoms with Gasteiger partial charge in [0.15, 0.2) is 0 Å². The molecular formula is C23H28N4O3S. The van der Waals surface area contributed by atoms with Crippen molar-refractivity contribution in [2.45, 2.75) is 11.3 Å². The number of nitrogens with one attached hydrogen (secondary N) is 1. The van der Waals surface area contributed by atoms with Crippen LogP contribution in [-0.2, 0) is 16.4 Å². The first-order valence-corrected chi connectivity index (χ1v) is 11.9. The number of pyridine rings is 1. The fraction of sp³-hybridized carbons (Fsp3) is 0.348. The van der Waals surface area contributed by atoms with Gasteiger partial charge in [-0.15, -0.1) is 0 Å². The summed E-state index contributed by atoms with van der Waals surface area (Å²) in [7, 11) is -0.404. The summed E-state index contributed by atoms with van der Waals surface area (Å²) >= 11 is 0. The smallest absolute Gasteiger partial charge is 0.240 e. The van der Waals surface area contributed by atoms with E-state index in [9.17, 15) is 8.42 Å². The Hall–Kier alpha value is -2.68. The van der Waals surface area contributed by atoms with Crippen LogP contribution in [0.2, 0.25) is 0 Å². The first-order valence-electron chi connectivity index (χ1n) is 10.4. The number of hydrogen-bond acceptors (Lipinski definition) is 6. The number of benzene rings is 2. The molecule has 4 rings (SSSR count). The molecule has 8 heteroatoms. The highest BCUT2D eigenvalue weighted by molar-refractivity contribution is 7.89. The maximum atomic E-state index is 12.4. The Morgan fingerprint density at radius 2 is 1.74 bits per heavy atom. The number of hydrogen-bond donors (Lipinski definition) is 1. The van der Waals surface area contributed by atoms with Crippen LogP contribution in [0.1, 0.15) is 5.69 Å². The fourth-order valence-electron chi connectivity index (χ4n) is 4.07. The highest BCUT2D eigenvalue weighted by atomic mass is 32.2. The minimum atomic E-state index is -3.52. The van der Waals surface area contributed by atoms with Gasteiger partial charge >= 0.3 is 0 Å². The van der Waals surface area contributed by atoms with Crippen LogP contribution >= 0.6 is 0 Å². The molecule has 2 aromatic carbocycles. The second kappa shape index (κ2) is 9.21. The van der Waals surface area contributed by atoms with Crippen molar-refractivity contribution in [1.29, 1.82) is 0 Å². The molecule has 7 nitrogen and oxygen atoms in total. The number of nitrogens with zero attached hydrogens (tertiary/aromatic N) is 3. The predicted molar refractivity (Wildman–Crippen MR) is 123 cm³/mol. The Balaban J connectivity index is 1.41. The molecule has 0 unspecified atom stereocenters. The van der Waals surface area contributed by atoms with Crippen molar-refractivity contribution in [3.63, 3.8) is 0 Å². The molecule has 0 amide bonds. The Kier molecular flexibility index (Phi) is 6.41. The van der Waals surface area contributed by atoms with E-state index in [0.717, 1.165) is 56.0 Å². The van der Waals surface area contributed by atoms with E-state index in [1.165, 1.54) is 12.7 Å². The number of sulfonamides is 1. The molecule has 2 heterocycles. The van der Waals surface area contributed by atoms with Crippen molar-refractivity contribution in [1.82, 2.24) is 14.6 Å². The normalized spacial score (nSPS) is 15.4. The fourth-order valence-corrected chi connectivity index (χ4v) is 5.01. The second-order valence-corrected chi connectivity index (χ2v) is 9.45. The number of aromatic nitrogens is 1. The lowest BCUT2D eigenvalue weighted by Crippen LogP contribution is -2.47. The number of ether oxygens (including phenoxy) is 1. The highest BCUT2D eigenvalue weighted by Crippen LogP contribution is 2.25. The van der Waals surface area contributed by atoms with Crippen molar-refractivity contribution in [2.24, 2.45) is 0 Å². The largest absolute Gasteiger partial charge is 0.497 e. The Morgan fingerprint density at radius 3 is 2.42 bits per heavy atom. The van der Waals surface area contributed by atoms with Gasteiger partial charge in [0.2, 0.25) is 10.0 Å². The highest BCUT2D eigenvalue weighted by Gasteiger charge is 2.19. The van der Waals surface area contributed by atoms with Crippen LogP contribution < -0.4 is 14.4 Å². The van der Waals surface area contributed by atoms with E-state index in [1.807, 2.05) is 18.2 Å². The molecule has 0 aliphatic carbocycles. The third kappa shape index (κ3) is 4.66. The van der Waals surface area contributed by atoms with Gasteiger partial charge in [-0.1, -0.05) is 12.1 Å². The maximum absolute atomic E-state index is 12.4. The zero-order valence-electron chi connectivity index (χ0n) is 17.9. The summed E-state index contributed by atoms with van der Waals surface area (Å²) in [6.45, 7) is 4.80. The monoisotopic (exact) mass is 440 g/mol. The van der Waals surface area contributed by atoms with E-state index in [2.05, 4.69) is 31.6 Å². The number of anilines is 1. The Bertz CT molecular complexity index is 1140. The van der Waals surface area contributed by atoms with Crippen LogP contribution in [0.25, 0.3) is 10.8 Å². The van der Waals surface area contributed by atoms with Crippen LogP contribution in [0.15, 0.2) is 59.6 Å². The molecule has 0 radical (unpaired) electrons. The van der Waals surface area contributed by atoms with Crippen LogP contribution in [0.4, 0.5) is 5.69 Å². The van der Waals surface area contributed by atoms with E-state index in [-0.39, 0.29) is 0 Å². The molecule has 164 valence electrons. The molecule has 1 fully saturated rings.